The highest BCUT2D eigenvalue weighted by Gasteiger charge is 2.55. The molecule has 0 aliphatic carbocycles. The number of hydrogen-bond acceptors (Lipinski definition) is 15. The topological polar surface area (TPSA) is 284 Å². The molecule has 3 fully saturated rings. The largest absolute Gasteiger partial charge is 0.454 e. The summed E-state index contributed by atoms with van der Waals surface area (Å²) in [6.45, 7) is 7.07. The lowest BCUT2D eigenvalue weighted by atomic mass is 9.94. The summed E-state index contributed by atoms with van der Waals surface area (Å²) in [5, 5.41) is 22.7. The smallest absolute Gasteiger partial charge is 0.303 e. The molecule has 15 atom stereocenters. The van der Waals surface area contributed by atoms with Crippen LogP contribution in [0.3, 0.4) is 0 Å². The van der Waals surface area contributed by atoms with Crippen molar-refractivity contribution in [2.75, 3.05) is 0 Å². The van der Waals surface area contributed by atoms with Crippen LogP contribution in [0.2, 0.25) is 0 Å². The first-order valence-corrected chi connectivity index (χ1v) is 18.2. The summed E-state index contributed by atoms with van der Waals surface area (Å²) < 4.78 is 55.3. The van der Waals surface area contributed by atoms with Gasteiger partial charge in [-0.2, -0.15) is 0 Å². The average molecular weight is 796 g/mol. The second-order valence-electron chi connectivity index (χ2n) is 13.6. The normalized spacial score (nSPS) is 35.0. The van der Waals surface area contributed by atoms with Gasteiger partial charge >= 0.3 is 11.9 Å². The third-order valence-corrected chi connectivity index (χ3v) is 9.61. The lowest BCUT2D eigenvalue weighted by Gasteiger charge is -2.50. The molecule has 0 bridgehead atoms. The summed E-state index contributed by atoms with van der Waals surface area (Å²) in [5.41, 5.74) is 30.2. The zero-order valence-corrected chi connectivity index (χ0v) is 31.8. The Balaban J connectivity index is 1.59. The molecule has 57 heavy (non-hydrogen) atoms. The molecule has 306 valence electrons. The number of rotatable bonds is 15. The van der Waals surface area contributed by atoms with E-state index < -0.39 is 104 Å². The molecule has 0 aromatic heterocycles. The molecule has 21 nitrogen and oxygen atoms in total. The number of nitrogens with zero attached hydrogens (tertiary/aromatic N) is 9. The number of carbonyl (C=O) groups is 2. The van der Waals surface area contributed by atoms with Crippen molar-refractivity contribution in [2.24, 2.45) is 15.3 Å². The third kappa shape index (κ3) is 10.9. The van der Waals surface area contributed by atoms with Crippen molar-refractivity contribution in [1.82, 2.24) is 0 Å². The molecule has 3 aliphatic rings. The molecule has 0 saturated carbocycles. The molecular weight excluding hydrogens is 750 g/mol. The van der Waals surface area contributed by atoms with E-state index in [1.54, 1.807) is 13.8 Å². The highest BCUT2D eigenvalue weighted by molar-refractivity contribution is 5.66. The van der Waals surface area contributed by atoms with E-state index in [2.05, 4.69) is 30.1 Å². The van der Waals surface area contributed by atoms with Crippen molar-refractivity contribution in [3.63, 3.8) is 0 Å². The van der Waals surface area contributed by atoms with Crippen LogP contribution in [0.4, 0.5) is 0 Å². The molecule has 0 amide bonds. The van der Waals surface area contributed by atoms with Gasteiger partial charge in [-0.1, -0.05) is 76.0 Å². The number of aliphatic hydroxyl groups is 1. The summed E-state index contributed by atoms with van der Waals surface area (Å²) in [5.74, 6) is -1.54. The SMILES string of the molecule is CC(=O)O[C@@H]1[C@@H](O[C@@H]2[C@@H](O[C@H]3[C@H](N=[N+]=[N-])[C@@H](C)O[C@H](O)[C@H]3OC(C)=O)O[C@H](C)[C@@H](N=[N+]=[N-])[C@@H]2OCc2ccccc2)O[C@H](C)[C@@H](N=[N+]=[N-])[C@@H]1OCc1ccccc1. The minimum absolute atomic E-state index is 0.0102. The van der Waals surface area contributed by atoms with Gasteiger partial charge in [0.15, 0.2) is 31.1 Å². The Morgan fingerprint density at radius 1 is 0.596 bits per heavy atom. The number of benzene rings is 2. The van der Waals surface area contributed by atoms with Crippen LogP contribution in [0, 0.1) is 0 Å². The minimum Gasteiger partial charge on any atom is -0.454 e. The van der Waals surface area contributed by atoms with Gasteiger partial charge in [-0.3, -0.25) is 9.59 Å². The Bertz CT molecular complexity index is 1800. The number of azide groups is 3. The Labute approximate surface area is 327 Å². The fraction of sp³-hybridized carbons (Fsp3) is 0.611. The maximum atomic E-state index is 12.7. The fourth-order valence-electron chi connectivity index (χ4n) is 7.01. The number of hydrogen-bond donors (Lipinski definition) is 1. The molecule has 3 aliphatic heterocycles. The number of ether oxygens (including phenoxy) is 9. The first kappa shape index (κ1) is 43.1. The van der Waals surface area contributed by atoms with E-state index in [0.717, 1.165) is 18.1 Å². The molecule has 0 radical (unpaired) electrons. The van der Waals surface area contributed by atoms with Crippen LogP contribution in [0.1, 0.15) is 45.7 Å². The first-order valence-electron chi connectivity index (χ1n) is 18.2. The molecule has 0 unspecified atom stereocenters. The molecule has 3 heterocycles. The fourth-order valence-corrected chi connectivity index (χ4v) is 7.01. The second-order valence-corrected chi connectivity index (χ2v) is 13.6. The maximum Gasteiger partial charge on any atom is 0.303 e. The molecule has 2 aromatic rings. The maximum absolute atomic E-state index is 12.7. The molecule has 1 N–H and O–H groups in total. The Morgan fingerprint density at radius 3 is 1.44 bits per heavy atom. The average Bonchev–Trinajstić information content (AvgIpc) is 3.18. The van der Waals surface area contributed by atoms with E-state index in [9.17, 15) is 31.3 Å². The van der Waals surface area contributed by atoms with Gasteiger partial charge in [0.25, 0.3) is 0 Å². The number of carbonyl (C=O) groups excluding carboxylic acids is 2. The van der Waals surface area contributed by atoms with E-state index in [0.29, 0.717) is 0 Å². The van der Waals surface area contributed by atoms with Gasteiger partial charge in [0.1, 0.15) is 24.4 Å². The van der Waals surface area contributed by atoms with Crippen LogP contribution in [0.25, 0.3) is 31.3 Å². The predicted molar refractivity (Wildman–Crippen MR) is 195 cm³/mol. The summed E-state index contributed by atoms with van der Waals surface area (Å²) in [6, 6.07) is 15.0. The van der Waals surface area contributed by atoms with E-state index in [1.807, 2.05) is 60.7 Å². The van der Waals surface area contributed by atoms with Crippen LogP contribution in [-0.4, -0.2) is 109 Å². The summed E-state index contributed by atoms with van der Waals surface area (Å²) in [6.07, 6.45) is -15.5. The molecule has 21 heteroatoms. The summed E-state index contributed by atoms with van der Waals surface area (Å²) in [7, 11) is 0. The minimum atomic E-state index is -1.71. The van der Waals surface area contributed by atoms with Gasteiger partial charge < -0.3 is 47.7 Å². The van der Waals surface area contributed by atoms with Crippen molar-refractivity contribution >= 4 is 11.9 Å². The molecule has 0 spiro atoms. The monoisotopic (exact) mass is 795 g/mol. The van der Waals surface area contributed by atoms with E-state index in [-0.39, 0.29) is 13.2 Å². The Morgan fingerprint density at radius 2 is 0.982 bits per heavy atom. The standard InChI is InChI=1S/C36H45N9O12/c1-18-27(42-45-39)30(31(34(48)51-18)54-21(4)46)56-36-33(29(26(41-44-38)20(3)53-36)50-17-24-14-10-7-11-15-24)57-35-32(55-22(5)47)28(25(40-43-37)19(2)52-35)49-16-23-12-8-6-9-13-23/h6-15,18-20,25-36,48H,16-17H2,1-5H3/t18-,19-,20-,25-,26-,27-,28+,29+,30+,31+,32+,33+,34+,35-,36-/m1/s1. The van der Waals surface area contributed by atoms with Gasteiger partial charge in [0, 0.05) is 28.6 Å². The van der Waals surface area contributed by atoms with Crippen molar-refractivity contribution in [1.29, 1.82) is 0 Å². The third-order valence-electron chi connectivity index (χ3n) is 9.61. The molecule has 2 aromatic carbocycles. The number of esters is 2. The van der Waals surface area contributed by atoms with Crippen molar-refractivity contribution in [3.05, 3.63) is 103 Å². The van der Waals surface area contributed by atoms with Crippen molar-refractivity contribution in [2.45, 2.75) is 140 Å². The van der Waals surface area contributed by atoms with E-state index >= 15 is 0 Å². The lowest BCUT2D eigenvalue weighted by molar-refractivity contribution is -0.367. The Kier molecular flexibility index (Phi) is 15.4. The second kappa shape index (κ2) is 20.4. The zero-order chi connectivity index (χ0) is 41.1. The van der Waals surface area contributed by atoms with Gasteiger partial charge in [-0.05, 0) is 48.5 Å². The van der Waals surface area contributed by atoms with Crippen LogP contribution >= 0.6 is 0 Å². The summed E-state index contributed by atoms with van der Waals surface area (Å²) in [4.78, 5) is 33.9. The highest BCUT2D eigenvalue weighted by atomic mass is 16.8. The molecular formula is C36H45N9O12. The summed E-state index contributed by atoms with van der Waals surface area (Å²) >= 11 is 0. The van der Waals surface area contributed by atoms with Gasteiger partial charge in [-0.15, -0.1) is 0 Å². The molecule has 3 saturated heterocycles. The lowest BCUT2D eigenvalue weighted by Crippen LogP contribution is -2.66. The van der Waals surface area contributed by atoms with Crippen LogP contribution in [0.5, 0.6) is 0 Å². The predicted octanol–water partition coefficient (Wildman–Crippen LogP) is 5.05. The highest BCUT2D eigenvalue weighted by Crippen LogP contribution is 2.38. The zero-order valence-electron chi connectivity index (χ0n) is 31.8. The molecule has 5 rings (SSSR count). The van der Waals surface area contributed by atoms with Gasteiger partial charge in [0.2, 0.25) is 0 Å². The van der Waals surface area contributed by atoms with Crippen LogP contribution in [-0.2, 0) is 65.4 Å². The quantitative estimate of drug-likeness (QED) is 0.107. The van der Waals surface area contributed by atoms with Gasteiger partial charge in [0.05, 0.1) is 49.7 Å². The van der Waals surface area contributed by atoms with Crippen LogP contribution < -0.4 is 0 Å². The van der Waals surface area contributed by atoms with E-state index in [4.69, 9.17) is 42.6 Å². The number of aliphatic hydroxyl groups excluding tert-OH is 1. The van der Waals surface area contributed by atoms with Crippen molar-refractivity contribution < 1.29 is 57.3 Å². The Hall–Kier alpha value is -5.01. The van der Waals surface area contributed by atoms with E-state index in [1.165, 1.54) is 13.8 Å². The van der Waals surface area contributed by atoms with Crippen LogP contribution in [0.15, 0.2) is 76.0 Å². The first-order chi connectivity index (χ1) is 27.4. The van der Waals surface area contributed by atoms with Gasteiger partial charge in [-0.25, -0.2) is 0 Å². The van der Waals surface area contributed by atoms with Crippen molar-refractivity contribution in [3.8, 4) is 0 Å².